The van der Waals surface area contributed by atoms with E-state index in [2.05, 4.69) is 29.6 Å². The zero-order chi connectivity index (χ0) is 15.1. The lowest BCUT2D eigenvalue weighted by Crippen LogP contribution is -2.13. The summed E-state index contributed by atoms with van der Waals surface area (Å²) in [6.45, 7) is 0.975. The van der Waals surface area contributed by atoms with Crippen molar-refractivity contribution < 1.29 is 9.47 Å². The van der Waals surface area contributed by atoms with Crippen molar-refractivity contribution in [3.8, 4) is 11.5 Å². The highest BCUT2D eigenvalue weighted by Crippen LogP contribution is 2.30. The number of nitrogens with one attached hydrogen (secondary N) is 1. The van der Waals surface area contributed by atoms with Crippen LogP contribution in [-0.2, 0) is 0 Å². The minimum Gasteiger partial charge on any atom is -0.497 e. The van der Waals surface area contributed by atoms with Gasteiger partial charge in [0.1, 0.15) is 11.5 Å². The third-order valence-electron chi connectivity index (χ3n) is 3.72. The molecule has 0 aliphatic rings. The molecule has 112 valence electrons. The van der Waals surface area contributed by atoms with Gasteiger partial charge in [-0.15, -0.1) is 0 Å². The molecule has 0 saturated carbocycles. The zero-order valence-electron chi connectivity index (χ0n) is 12.9. The Morgan fingerprint density at radius 1 is 0.810 bits per heavy atom. The number of benzene rings is 2. The van der Waals surface area contributed by atoms with Crippen LogP contribution in [0.4, 0.5) is 0 Å². The van der Waals surface area contributed by atoms with Crippen LogP contribution in [0, 0.1) is 0 Å². The first-order chi connectivity index (χ1) is 10.3. The summed E-state index contributed by atoms with van der Waals surface area (Å²) < 4.78 is 10.5. The maximum atomic E-state index is 5.24. The molecule has 21 heavy (non-hydrogen) atoms. The SMILES string of the molecule is CNCCC(c1ccc(OC)cc1)c1ccc(OC)cc1. The van der Waals surface area contributed by atoms with Crippen LogP contribution in [0.3, 0.4) is 0 Å². The Hall–Kier alpha value is -2.00. The van der Waals surface area contributed by atoms with Crippen molar-refractivity contribution in [3.63, 3.8) is 0 Å². The molecule has 3 nitrogen and oxygen atoms in total. The van der Waals surface area contributed by atoms with Gasteiger partial charge in [0, 0.05) is 5.92 Å². The summed E-state index contributed by atoms with van der Waals surface area (Å²) in [7, 11) is 5.37. The van der Waals surface area contributed by atoms with E-state index in [4.69, 9.17) is 9.47 Å². The smallest absolute Gasteiger partial charge is 0.118 e. The number of rotatable bonds is 7. The molecule has 2 aromatic carbocycles. The maximum Gasteiger partial charge on any atom is 0.118 e. The fraction of sp³-hybridized carbons (Fsp3) is 0.333. The van der Waals surface area contributed by atoms with E-state index in [0.717, 1.165) is 24.5 Å². The van der Waals surface area contributed by atoms with Gasteiger partial charge in [0.2, 0.25) is 0 Å². The van der Waals surface area contributed by atoms with Crippen LogP contribution in [0.5, 0.6) is 11.5 Å². The first-order valence-corrected chi connectivity index (χ1v) is 7.21. The van der Waals surface area contributed by atoms with Crippen LogP contribution >= 0.6 is 0 Å². The predicted octanol–water partition coefficient (Wildman–Crippen LogP) is 3.45. The Morgan fingerprint density at radius 2 is 1.24 bits per heavy atom. The van der Waals surface area contributed by atoms with Gasteiger partial charge in [-0.05, 0) is 55.4 Å². The number of ether oxygens (including phenoxy) is 2. The minimum atomic E-state index is 0.370. The van der Waals surface area contributed by atoms with E-state index < -0.39 is 0 Å². The lowest BCUT2D eigenvalue weighted by Gasteiger charge is -2.18. The predicted molar refractivity (Wildman–Crippen MR) is 86.4 cm³/mol. The molecule has 3 heteroatoms. The molecule has 0 radical (unpaired) electrons. The summed E-state index contributed by atoms with van der Waals surface area (Å²) in [5.74, 6) is 2.15. The van der Waals surface area contributed by atoms with Gasteiger partial charge in [-0.25, -0.2) is 0 Å². The van der Waals surface area contributed by atoms with E-state index in [1.165, 1.54) is 11.1 Å². The van der Waals surface area contributed by atoms with E-state index in [1.807, 2.05) is 31.3 Å². The van der Waals surface area contributed by atoms with Gasteiger partial charge in [0.15, 0.2) is 0 Å². The summed E-state index contributed by atoms with van der Waals surface area (Å²) in [6, 6.07) is 16.6. The van der Waals surface area contributed by atoms with Crippen LogP contribution in [0.2, 0.25) is 0 Å². The molecule has 0 fully saturated rings. The van der Waals surface area contributed by atoms with Gasteiger partial charge in [0.25, 0.3) is 0 Å². The summed E-state index contributed by atoms with van der Waals surface area (Å²) in [5, 5.41) is 3.23. The average molecular weight is 285 g/mol. The Balaban J connectivity index is 2.26. The van der Waals surface area contributed by atoms with E-state index in [9.17, 15) is 0 Å². The molecule has 0 aliphatic heterocycles. The van der Waals surface area contributed by atoms with E-state index in [-0.39, 0.29) is 0 Å². The molecule has 0 saturated heterocycles. The zero-order valence-corrected chi connectivity index (χ0v) is 12.9. The molecule has 2 aromatic rings. The first-order valence-electron chi connectivity index (χ1n) is 7.21. The molecule has 0 unspecified atom stereocenters. The van der Waals surface area contributed by atoms with Crippen molar-refractivity contribution >= 4 is 0 Å². The summed E-state index contributed by atoms with van der Waals surface area (Å²) in [6.07, 6.45) is 1.05. The third kappa shape index (κ3) is 3.99. The fourth-order valence-electron chi connectivity index (χ4n) is 2.49. The average Bonchev–Trinajstić information content (AvgIpc) is 2.56. The van der Waals surface area contributed by atoms with Gasteiger partial charge < -0.3 is 14.8 Å². The molecule has 0 aliphatic carbocycles. The van der Waals surface area contributed by atoms with Crippen LogP contribution in [0.15, 0.2) is 48.5 Å². The normalized spacial score (nSPS) is 10.7. The largest absolute Gasteiger partial charge is 0.497 e. The highest BCUT2D eigenvalue weighted by atomic mass is 16.5. The van der Waals surface area contributed by atoms with Crippen LogP contribution < -0.4 is 14.8 Å². The van der Waals surface area contributed by atoms with Gasteiger partial charge in [-0.3, -0.25) is 0 Å². The fourth-order valence-corrected chi connectivity index (χ4v) is 2.49. The quantitative estimate of drug-likeness (QED) is 0.845. The van der Waals surface area contributed by atoms with Gasteiger partial charge >= 0.3 is 0 Å². The molecule has 0 bridgehead atoms. The molecule has 2 rings (SSSR count). The lowest BCUT2D eigenvalue weighted by atomic mass is 9.88. The Morgan fingerprint density at radius 3 is 1.57 bits per heavy atom. The molecular formula is C18H23NO2. The Bertz CT molecular complexity index is 487. The third-order valence-corrected chi connectivity index (χ3v) is 3.72. The Kier molecular flexibility index (Phi) is 5.64. The second kappa shape index (κ2) is 7.70. The molecule has 0 aromatic heterocycles. The van der Waals surface area contributed by atoms with E-state index in [1.54, 1.807) is 14.2 Å². The van der Waals surface area contributed by atoms with Crippen molar-refractivity contribution in [1.29, 1.82) is 0 Å². The highest BCUT2D eigenvalue weighted by molar-refractivity contribution is 5.38. The van der Waals surface area contributed by atoms with Crippen LogP contribution in [0.25, 0.3) is 0 Å². The molecule has 1 N–H and O–H groups in total. The number of hydrogen-bond donors (Lipinski definition) is 1. The monoisotopic (exact) mass is 285 g/mol. The van der Waals surface area contributed by atoms with Gasteiger partial charge in [-0.1, -0.05) is 24.3 Å². The Labute approximate surface area is 126 Å². The second-order valence-corrected chi connectivity index (χ2v) is 4.99. The van der Waals surface area contributed by atoms with Crippen molar-refractivity contribution in [3.05, 3.63) is 59.7 Å². The van der Waals surface area contributed by atoms with Gasteiger partial charge in [0.05, 0.1) is 14.2 Å². The van der Waals surface area contributed by atoms with Crippen molar-refractivity contribution in [2.45, 2.75) is 12.3 Å². The van der Waals surface area contributed by atoms with Crippen molar-refractivity contribution in [1.82, 2.24) is 5.32 Å². The first kappa shape index (κ1) is 15.4. The van der Waals surface area contributed by atoms with Crippen LogP contribution in [0.1, 0.15) is 23.5 Å². The molecule has 0 spiro atoms. The number of methoxy groups -OCH3 is 2. The van der Waals surface area contributed by atoms with Crippen molar-refractivity contribution in [2.24, 2.45) is 0 Å². The second-order valence-electron chi connectivity index (χ2n) is 4.99. The van der Waals surface area contributed by atoms with E-state index >= 15 is 0 Å². The topological polar surface area (TPSA) is 30.5 Å². The summed E-state index contributed by atoms with van der Waals surface area (Å²) in [5.41, 5.74) is 2.60. The maximum absolute atomic E-state index is 5.24. The van der Waals surface area contributed by atoms with Crippen LogP contribution in [-0.4, -0.2) is 27.8 Å². The molecule has 0 atom stereocenters. The van der Waals surface area contributed by atoms with Crippen molar-refractivity contribution in [2.75, 3.05) is 27.8 Å². The summed E-state index contributed by atoms with van der Waals surface area (Å²) >= 11 is 0. The molecular weight excluding hydrogens is 262 g/mol. The molecule has 0 amide bonds. The molecule has 0 heterocycles. The van der Waals surface area contributed by atoms with Gasteiger partial charge in [-0.2, -0.15) is 0 Å². The number of hydrogen-bond acceptors (Lipinski definition) is 3. The standard InChI is InChI=1S/C18H23NO2/c1-19-13-12-18(14-4-8-16(20-2)9-5-14)15-6-10-17(21-3)11-7-15/h4-11,18-19H,12-13H2,1-3H3. The lowest BCUT2D eigenvalue weighted by molar-refractivity contribution is 0.414. The minimum absolute atomic E-state index is 0.370. The van der Waals surface area contributed by atoms with E-state index in [0.29, 0.717) is 5.92 Å². The highest BCUT2D eigenvalue weighted by Gasteiger charge is 2.14. The summed E-state index contributed by atoms with van der Waals surface area (Å²) in [4.78, 5) is 0.